The number of fused-ring (bicyclic) bond motifs is 1. The van der Waals surface area contributed by atoms with Crippen LogP contribution in [0.5, 0.6) is 11.5 Å². The van der Waals surface area contributed by atoms with E-state index in [4.69, 9.17) is 4.74 Å². The summed E-state index contributed by atoms with van der Waals surface area (Å²) in [6.45, 7) is 0.144. The number of ether oxygens (including phenoxy) is 1. The summed E-state index contributed by atoms with van der Waals surface area (Å²) in [6, 6.07) is 31.6. The average Bonchev–Trinajstić information content (AvgIpc) is 3.30. The summed E-state index contributed by atoms with van der Waals surface area (Å²) in [6.07, 6.45) is 0. The fourth-order valence-corrected chi connectivity index (χ4v) is 7.32. The summed E-state index contributed by atoms with van der Waals surface area (Å²) in [4.78, 5) is 0. The van der Waals surface area contributed by atoms with Crippen LogP contribution in [0.2, 0.25) is 0 Å². The van der Waals surface area contributed by atoms with Gasteiger partial charge in [0.15, 0.2) is 0 Å². The SMILES string of the molecule is O=S(=O)(Oc1ccccc1[C@H]1COc2cccc(P(c3ccccc3)c3ccccc3)c21)C(F)(F)F. The van der Waals surface area contributed by atoms with E-state index in [9.17, 15) is 21.6 Å². The van der Waals surface area contributed by atoms with Gasteiger partial charge in [-0.1, -0.05) is 91.0 Å². The number of rotatable bonds is 6. The molecule has 0 bridgehead atoms. The van der Waals surface area contributed by atoms with Gasteiger partial charge in [-0.05, 0) is 36.0 Å². The minimum atomic E-state index is -5.83. The number of para-hydroxylation sites is 1. The monoisotopic (exact) mass is 528 g/mol. The van der Waals surface area contributed by atoms with E-state index in [1.165, 1.54) is 12.1 Å². The molecule has 0 saturated heterocycles. The van der Waals surface area contributed by atoms with Crippen LogP contribution >= 0.6 is 7.92 Å². The molecule has 1 aliphatic heterocycles. The lowest BCUT2D eigenvalue weighted by atomic mass is 9.92. The summed E-state index contributed by atoms with van der Waals surface area (Å²) in [7, 11) is -6.87. The molecule has 0 fully saturated rings. The highest BCUT2D eigenvalue weighted by atomic mass is 32.2. The Morgan fingerprint density at radius 2 is 1.36 bits per heavy atom. The third-order valence-corrected chi connectivity index (χ3v) is 9.31. The van der Waals surface area contributed by atoms with Gasteiger partial charge in [-0.2, -0.15) is 21.6 Å². The van der Waals surface area contributed by atoms with Crippen molar-refractivity contribution in [3.63, 3.8) is 0 Å². The lowest BCUT2D eigenvalue weighted by Gasteiger charge is -2.24. The van der Waals surface area contributed by atoms with Gasteiger partial charge in [0, 0.05) is 11.1 Å². The van der Waals surface area contributed by atoms with Crippen molar-refractivity contribution >= 4 is 34.0 Å². The van der Waals surface area contributed by atoms with Crippen molar-refractivity contribution in [3.05, 3.63) is 114 Å². The van der Waals surface area contributed by atoms with Gasteiger partial charge < -0.3 is 8.92 Å². The Hall–Kier alpha value is -3.35. The van der Waals surface area contributed by atoms with Gasteiger partial charge in [0.1, 0.15) is 11.5 Å². The molecule has 1 aliphatic rings. The molecular formula is C27H20F3O4PS. The minimum Gasteiger partial charge on any atom is -0.492 e. The average molecular weight is 528 g/mol. The van der Waals surface area contributed by atoms with E-state index >= 15 is 0 Å². The summed E-state index contributed by atoms with van der Waals surface area (Å²) in [5.41, 5.74) is -4.41. The quantitative estimate of drug-likeness (QED) is 0.196. The van der Waals surface area contributed by atoms with Crippen LogP contribution in [0.15, 0.2) is 103 Å². The van der Waals surface area contributed by atoms with Crippen LogP contribution in [0.4, 0.5) is 13.2 Å². The number of hydrogen-bond donors (Lipinski definition) is 0. The molecule has 1 atom stereocenters. The molecule has 0 radical (unpaired) electrons. The van der Waals surface area contributed by atoms with Crippen LogP contribution in [0.1, 0.15) is 17.0 Å². The lowest BCUT2D eigenvalue weighted by molar-refractivity contribution is -0.0500. The Bertz CT molecular complexity index is 1440. The Morgan fingerprint density at radius 3 is 1.97 bits per heavy atom. The molecular weight excluding hydrogens is 508 g/mol. The van der Waals surface area contributed by atoms with E-state index in [-0.39, 0.29) is 12.4 Å². The maximum atomic E-state index is 13.1. The van der Waals surface area contributed by atoms with Crippen molar-refractivity contribution in [2.45, 2.75) is 11.4 Å². The van der Waals surface area contributed by atoms with Gasteiger partial charge in [-0.3, -0.25) is 0 Å². The predicted octanol–water partition coefficient (Wildman–Crippen LogP) is 5.20. The second-order valence-electron chi connectivity index (χ2n) is 8.08. The van der Waals surface area contributed by atoms with Gasteiger partial charge in [0.25, 0.3) is 0 Å². The molecule has 0 amide bonds. The number of alkyl halides is 3. The highest BCUT2D eigenvalue weighted by Crippen LogP contribution is 2.46. The topological polar surface area (TPSA) is 52.6 Å². The zero-order chi connectivity index (χ0) is 25.3. The zero-order valence-electron chi connectivity index (χ0n) is 18.7. The molecule has 0 saturated carbocycles. The summed E-state index contributed by atoms with van der Waals surface area (Å²) in [5, 5.41) is 3.18. The van der Waals surface area contributed by atoms with Crippen molar-refractivity contribution < 1.29 is 30.5 Å². The normalized spacial score (nSPS) is 15.4. The largest absolute Gasteiger partial charge is 0.534 e. The van der Waals surface area contributed by atoms with Crippen molar-refractivity contribution in [2.24, 2.45) is 0 Å². The van der Waals surface area contributed by atoms with Crippen LogP contribution in [-0.4, -0.2) is 20.5 Å². The smallest absolute Gasteiger partial charge is 0.492 e. The summed E-state index contributed by atoms with van der Waals surface area (Å²) in [5.74, 6) is -0.270. The van der Waals surface area contributed by atoms with Crippen molar-refractivity contribution in [3.8, 4) is 11.5 Å². The standard InChI is InChI=1S/C27H20F3O4PS/c28-27(29,30)36(31,32)34-23-15-8-7-14-21(23)22-18-33-24-16-9-17-25(26(22)24)35(19-10-3-1-4-11-19)20-12-5-2-6-13-20/h1-17,22H,18H2/t22-/m1/s1. The third-order valence-electron chi connectivity index (χ3n) is 5.84. The molecule has 0 spiro atoms. The Morgan fingerprint density at radius 1 is 0.778 bits per heavy atom. The maximum Gasteiger partial charge on any atom is 0.534 e. The number of benzene rings is 4. The van der Waals surface area contributed by atoms with E-state index < -0.39 is 29.5 Å². The molecule has 4 aromatic rings. The molecule has 5 rings (SSSR count). The second kappa shape index (κ2) is 9.60. The molecule has 4 nitrogen and oxygen atoms in total. The fraction of sp³-hybridized carbons (Fsp3) is 0.111. The number of halogens is 3. The van der Waals surface area contributed by atoms with E-state index in [1.54, 1.807) is 12.1 Å². The predicted molar refractivity (Wildman–Crippen MR) is 135 cm³/mol. The molecule has 4 aromatic carbocycles. The first-order valence-electron chi connectivity index (χ1n) is 11.0. The first kappa shape index (κ1) is 24.3. The highest BCUT2D eigenvalue weighted by molar-refractivity contribution is 7.88. The first-order valence-corrected chi connectivity index (χ1v) is 13.8. The molecule has 36 heavy (non-hydrogen) atoms. The molecule has 184 valence electrons. The third kappa shape index (κ3) is 4.59. The Labute approximate surface area is 208 Å². The Kier molecular flexibility index (Phi) is 6.49. The number of hydrogen-bond acceptors (Lipinski definition) is 4. The molecule has 0 aliphatic carbocycles. The van der Waals surface area contributed by atoms with Crippen LogP contribution < -0.4 is 24.8 Å². The zero-order valence-corrected chi connectivity index (χ0v) is 20.4. The molecule has 0 unspecified atom stereocenters. The van der Waals surface area contributed by atoms with Crippen LogP contribution in [0.25, 0.3) is 0 Å². The van der Waals surface area contributed by atoms with Crippen LogP contribution in [-0.2, 0) is 10.1 Å². The van der Waals surface area contributed by atoms with Crippen molar-refractivity contribution in [2.75, 3.05) is 6.61 Å². The van der Waals surface area contributed by atoms with E-state index in [1.807, 2.05) is 54.6 Å². The van der Waals surface area contributed by atoms with Gasteiger partial charge >= 0.3 is 15.6 Å². The van der Waals surface area contributed by atoms with Crippen molar-refractivity contribution in [1.29, 1.82) is 0 Å². The summed E-state index contributed by atoms with van der Waals surface area (Å²) >= 11 is 0. The van der Waals surface area contributed by atoms with Crippen molar-refractivity contribution in [1.82, 2.24) is 0 Å². The lowest BCUT2D eigenvalue weighted by Crippen LogP contribution is -2.29. The summed E-state index contributed by atoms with van der Waals surface area (Å²) < 4.78 is 73.4. The highest BCUT2D eigenvalue weighted by Gasteiger charge is 2.49. The van der Waals surface area contributed by atoms with E-state index in [0.717, 1.165) is 21.5 Å². The minimum absolute atomic E-state index is 0.144. The first-order chi connectivity index (χ1) is 17.3. The van der Waals surface area contributed by atoms with Crippen LogP contribution in [0.3, 0.4) is 0 Å². The second-order valence-corrected chi connectivity index (χ2v) is 11.8. The fourth-order valence-electron chi connectivity index (χ4n) is 4.30. The maximum absolute atomic E-state index is 13.1. The molecule has 0 aromatic heterocycles. The molecule has 1 heterocycles. The van der Waals surface area contributed by atoms with Gasteiger partial charge in [0.05, 0.1) is 12.5 Å². The molecule has 9 heteroatoms. The van der Waals surface area contributed by atoms with Gasteiger partial charge in [0.2, 0.25) is 0 Å². The van der Waals surface area contributed by atoms with Gasteiger partial charge in [-0.25, -0.2) is 0 Å². The van der Waals surface area contributed by atoms with Gasteiger partial charge in [-0.15, -0.1) is 0 Å². The van der Waals surface area contributed by atoms with E-state index in [2.05, 4.69) is 28.4 Å². The molecule has 0 N–H and O–H groups in total. The van der Waals surface area contributed by atoms with E-state index in [0.29, 0.717) is 11.3 Å². The van der Waals surface area contributed by atoms with Crippen LogP contribution in [0, 0.1) is 0 Å². The Balaban J connectivity index is 1.66.